The SMILES string of the molecule is CCOCP(=O)(F)COCC. The molecule has 0 fully saturated rings. The van der Waals surface area contributed by atoms with Crippen LogP contribution in [-0.2, 0) is 14.0 Å². The maximum Gasteiger partial charge on any atom is 0.292 e. The largest absolute Gasteiger partial charge is 0.371 e. The highest BCUT2D eigenvalue weighted by atomic mass is 31.2. The minimum Gasteiger partial charge on any atom is -0.371 e. The number of hydrogen-bond donors (Lipinski definition) is 0. The molecule has 3 nitrogen and oxygen atoms in total. The lowest BCUT2D eigenvalue weighted by Gasteiger charge is -2.07. The molecule has 0 bridgehead atoms. The van der Waals surface area contributed by atoms with Crippen LogP contribution < -0.4 is 0 Å². The van der Waals surface area contributed by atoms with Crippen molar-refractivity contribution in [2.75, 3.05) is 25.9 Å². The molecule has 0 heterocycles. The zero-order valence-electron chi connectivity index (χ0n) is 6.88. The van der Waals surface area contributed by atoms with Gasteiger partial charge in [-0.2, -0.15) is 4.20 Å². The van der Waals surface area contributed by atoms with Gasteiger partial charge in [0, 0.05) is 13.2 Å². The Morgan fingerprint density at radius 2 is 1.55 bits per heavy atom. The molecule has 0 aliphatic heterocycles. The second-order valence-corrected chi connectivity index (χ2v) is 4.13. The van der Waals surface area contributed by atoms with Gasteiger partial charge in [-0.25, -0.2) is 0 Å². The first-order valence-electron chi connectivity index (χ1n) is 3.55. The van der Waals surface area contributed by atoms with Gasteiger partial charge in [-0.1, -0.05) is 0 Å². The van der Waals surface area contributed by atoms with Crippen molar-refractivity contribution in [3.05, 3.63) is 0 Å². The third-order valence-corrected chi connectivity index (χ3v) is 2.11. The van der Waals surface area contributed by atoms with Gasteiger partial charge in [-0.3, -0.25) is 4.57 Å². The Balaban J connectivity index is 3.53. The zero-order valence-corrected chi connectivity index (χ0v) is 7.77. The Morgan fingerprint density at radius 3 is 1.82 bits per heavy atom. The Labute approximate surface area is 66.4 Å². The van der Waals surface area contributed by atoms with Crippen molar-refractivity contribution >= 4 is 7.45 Å². The fraction of sp³-hybridized carbons (Fsp3) is 1.00. The second-order valence-electron chi connectivity index (χ2n) is 2.03. The fourth-order valence-corrected chi connectivity index (χ4v) is 1.48. The molecule has 0 N–H and O–H groups in total. The average molecular weight is 184 g/mol. The second kappa shape index (κ2) is 5.70. The van der Waals surface area contributed by atoms with E-state index in [1.807, 2.05) is 0 Å². The van der Waals surface area contributed by atoms with Crippen molar-refractivity contribution in [2.24, 2.45) is 0 Å². The molecule has 0 aliphatic carbocycles. The Kier molecular flexibility index (Phi) is 5.74. The number of hydrogen-bond acceptors (Lipinski definition) is 3. The topological polar surface area (TPSA) is 35.5 Å². The lowest BCUT2D eigenvalue weighted by Crippen LogP contribution is -1.99. The van der Waals surface area contributed by atoms with Crippen LogP contribution in [-0.4, -0.2) is 25.9 Å². The van der Waals surface area contributed by atoms with E-state index in [4.69, 9.17) is 0 Å². The van der Waals surface area contributed by atoms with Crippen molar-refractivity contribution in [1.82, 2.24) is 0 Å². The molecule has 68 valence electrons. The zero-order chi connectivity index (χ0) is 8.74. The highest BCUT2D eigenvalue weighted by Gasteiger charge is 2.20. The van der Waals surface area contributed by atoms with Gasteiger partial charge in [0.05, 0.1) is 0 Å². The molecule has 0 aromatic carbocycles. The van der Waals surface area contributed by atoms with Gasteiger partial charge in [0.15, 0.2) is 0 Å². The summed E-state index contributed by atoms with van der Waals surface area (Å²) in [5.41, 5.74) is 0. The van der Waals surface area contributed by atoms with E-state index >= 15 is 0 Å². The van der Waals surface area contributed by atoms with Gasteiger partial charge >= 0.3 is 0 Å². The van der Waals surface area contributed by atoms with E-state index in [2.05, 4.69) is 9.47 Å². The molecule has 0 rings (SSSR count). The highest BCUT2D eigenvalue weighted by molar-refractivity contribution is 7.58. The van der Waals surface area contributed by atoms with Crippen molar-refractivity contribution in [1.29, 1.82) is 0 Å². The summed E-state index contributed by atoms with van der Waals surface area (Å²) >= 11 is 0. The van der Waals surface area contributed by atoms with Crippen molar-refractivity contribution < 1.29 is 18.2 Å². The fourth-order valence-electron chi connectivity index (χ4n) is 0.492. The van der Waals surface area contributed by atoms with E-state index in [0.29, 0.717) is 13.2 Å². The summed E-state index contributed by atoms with van der Waals surface area (Å²) in [6.07, 6.45) is -0.660. The Hall–Kier alpha value is 0.0800. The monoisotopic (exact) mass is 184 g/mol. The first kappa shape index (κ1) is 11.1. The molecule has 0 amide bonds. The number of halogens is 1. The lowest BCUT2D eigenvalue weighted by molar-refractivity contribution is 0.162. The van der Waals surface area contributed by atoms with Gasteiger partial charge in [0.25, 0.3) is 7.45 Å². The molecule has 0 aliphatic rings. The van der Waals surface area contributed by atoms with Crippen LogP contribution in [0.2, 0.25) is 0 Å². The van der Waals surface area contributed by atoms with Crippen LogP contribution in [0.15, 0.2) is 0 Å². The summed E-state index contributed by atoms with van der Waals surface area (Å²) in [6.45, 7) is 4.20. The summed E-state index contributed by atoms with van der Waals surface area (Å²) in [5.74, 6) is 0. The third kappa shape index (κ3) is 6.48. The molecule has 0 spiro atoms. The molecule has 0 radical (unpaired) electrons. The van der Waals surface area contributed by atoms with Gasteiger partial charge in [-0.05, 0) is 13.8 Å². The average Bonchev–Trinajstić information content (AvgIpc) is 1.97. The van der Waals surface area contributed by atoms with E-state index in [9.17, 15) is 8.76 Å². The molecule has 0 saturated heterocycles. The van der Waals surface area contributed by atoms with Crippen molar-refractivity contribution in [3.8, 4) is 0 Å². The summed E-state index contributed by atoms with van der Waals surface area (Å²) in [6, 6.07) is 0. The van der Waals surface area contributed by atoms with Crippen molar-refractivity contribution in [2.45, 2.75) is 13.8 Å². The van der Waals surface area contributed by atoms with Crippen LogP contribution in [0.1, 0.15) is 13.8 Å². The van der Waals surface area contributed by atoms with Crippen LogP contribution in [0.25, 0.3) is 0 Å². The molecule has 11 heavy (non-hydrogen) atoms. The smallest absolute Gasteiger partial charge is 0.292 e. The van der Waals surface area contributed by atoms with E-state index < -0.39 is 7.45 Å². The number of rotatable bonds is 6. The van der Waals surface area contributed by atoms with Crippen LogP contribution in [0, 0.1) is 0 Å². The molecule has 0 unspecified atom stereocenters. The first-order valence-corrected chi connectivity index (χ1v) is 5.52. The molecular weight excluding hydrogens is 170 g/mol. The van der Waals surface area contributed by atoms with Gasteiger partial charge < -0.3 is 9.47 Å². The Morgan fingerprint density at radius 1 is 1.18 bits per heavy atom. The summed E-state index contributed by atoms with van der Waals surface area (Å²) in [7, 11) is -3.67. The minimum absolute atomic E-state index is 0.330. The van der Waals surface area contributed by atoms with Gasteiger partial charge in [-0.15, -0.1) is 0 Å². The maximum absolute atomic E-state index is 12.8. The van der Waals surface area contributed by atoms with Crippen LogP contribution in [0.3, 0.4) is 0 Å². The first-order chi connectivity index (χ1) is 5.12. The highest BCUT2D eigenvalue weighted by Crippen LogP contribution is 2.46. The lowest BCUT2D eigenvalue weighted by atomic mass is 10.9. The molecule has 0 saturated carbocycles. The molecule has 0 aromatic rings. The van der Waals surface area contributed by atoms with E-state index in [-0.39, 0.29) is 12.7 Å². The summed E-state index contributed by atoms with van der Waals surface area (Å²) in [4.78, 5) is 0. The predicted octanol–water partition coefficient (Wildman–Crippen LogP) is 2.22. The molecular formula is C6H14FO3P. The van der Waals surface area contributed by atoms with Crippen LogP contribution in [0.5, 0.6) is 0 Å². The maximum atomic E-state index is 12.8. The van der Waals surface area contributed by atoms with Gasteiger partial charge in [0.1, 0.15) is 12.7 Å². The van der Waals surface area contributed by atoms with Crippen molar-refractivity contribution in [3.63, 3.8) is 0 Å². The van der Waals surface area contributed by atoms with Crippen LogP contribution in [0.4, 0.5) is 4.20 Å². The molecule has 0 aromatic heterocycles. The Bertz CT molecular complexity index is 128. The number of ether oxygens (including phenoxy) is 2. The minimum atomic E-state index is -3.67. The van der Waals surface area contributed by atoms with Gasteiger partial charge in [0.2, 0.25) is 0 Å². The molecule has 5 heteroatoms. The normalized spacial score (nSPS) is 11.9. The predicted molar refractivity (Wildman–Crippen MR) is 41.7 cm³/mol. The summed E-state index contributed by atoms with van der Waals surface area (Å²) in [5, 5.41) is 0. The van der Waals surface area contributed by atoms with E-state index in [1.165, 1.54) is 0 Å². The third-order valence-electron chi connectivity index (χ3n) is 0.976. The van der Waals surface area contributed by atoms with E-state index in [0.717, 1.165) is 0 Å². The van der Waals surface area contributed by atoms with Crippen LogP contribution >= 0.6 is 7.45 Å². The van der Waals surface area contributed by atoms with E-state index in [1.54, 1.807) is 13.8 Å². The summed E-state index contributed by atoms with van der Waals surface area (Å²) < 4.78 is 32.9. The quantitative estimate of drug-likeness (QED) is 0.593. The molecule has 0 atom stereocenters. The standard InChI is InChI=1S/C6H14FO3P/c1-3-9-5-11(7,8)6-10-4-2/h3-6H2,1-2H3.